The van der Waals surface area contributed by atoms with Crippen molar-refractivity contribution in [1.29, 1.82) is 0 Å². The van der Waals surface area contributed by atoms with Gasteiger partial charge in [0.25, 0.3) is 0 Å². The average molecular weight is 432 g/mol. The monoisotopic (exact) mass is 431 g/mol. The van der Waals surface area contributed by atoms with Crippen LogP contribution in [0.15, 0.2) is 54.6 Å². The highest BCUT2D eigenvalue weighted by molar-refractivity contribution is 7.91. The lowest BCUT2D eigenvalue weighted by atomic mass is 10.1. The number of carbonyl (C=O) groups excluding carboxylic acids is 1. The van der Waals surface area contributed by atoms with E-state index in [9.17, 15) is 13.2 Å². The van der Waals surface area contributed by atoms with Gasteiger partial charge in [0.15, 0.2) is 9.84 Å². The van der Waals surface area contributed by atoms with Crippen LogP contribution in [-0.2, 0) is 21.1 Å². The molecule has 2 aromatic rings. The minimum absolute atomic E-state index is 0.00800. The van der Waals surface area contributed by atoms with Crippen LogP contribution in [0.2, 0.25) is 0 Å². The molecule has 0 spiro atoms. The molecule has 2 aromatic carbocycles. The van der Waals surface area contributed by atoms with Gasteiger partial charge in [-0.05, 0) is 49.1 Å². The van der Waals surface area contributed by atoms with E-state index in [1.165, 1.54) is 0 Å². The van der Waals surface area contributed by atoms with E-state index in [0.29, 0.717) is 38.8 Å². The maximum Gasteiger partial charge on any atom is 0.222 e. The molecule has 30 heavy (non-hydrogen) atoms. The van der Waals surface area contributed by atoms with Crippen molar-refractivity contribution in [2.24, 2.45) is 0 Å². The number of methoxy groups -OCH3 is 1. The number of nitrogens with zero attached hydrogens (tertiary/aromatic N) is 1. The normalized spacial score (nSPS) is 17.4. The zero-order valence-corrected chi connectivity index (χ0v) is 18.1. The summed E-state index contributed by atoms with van der Waals surface area (Å²) in [5.74, 6) is 1.71. The summed E-state index contributed by atoms with van der Waals surface area (Å²) in [4.78, 5) is 14.7. The Balaban J connectivity index is 1.52. The molecule has 0 aromatic heterocycles. The van der Waals surface area contributed by atoms with Gasteiger partial charge in [-0.3, -0.25) is 4.79 Å². The fourth-order valence-corrected chi connectivity index (χ4v) is 5.39. The average Bonchev–Trinajstić information content (AvgIpc) is 3.12. The summed E-state index contributed by atoms with van der Waals surface area (Å²) in [5.41, 5.74) is 1.14. The third-order valence-electron chi connectivity index (χ3n) is 5.32. The quantitative estimate of drug-likeness (QED) is 0.541. The first-order valence-corrected chi connectivity index (χ1v) is 12.1. The summed E-state index contributed by atoms with van der Waals surface area (Å²) >= 11 is 0. The fraction of sp³-hybridized carbons (Fsp3) is 0.435. The predicted octanol–water partition coefficient (Wildman–Crippen LogP) is 3.11. The SMILES string of the molecule is COc1ccc(OCCCC(=O)N(CCc2ccccc2)[C@H]2CCS(=O)(=O)C2)cc1. The number of sulfone groups is 1. The summed E-state index contributed by atoms with van der Waals surface area (Å²) in [6.07, 6.45) is 2.14. The standard InChI is InChI=1S/C23H29NO5S/c1-28-21-9-11-22(12-10-21)29-16-5-8-23(25)24(20-14-17-30(26,27)18-20)15-13-19-6-3-2-4-7-19/h2-4,6-7,9-12,20H,5,8,13-18H2,1H3/t20-/m0/s1. The van der Waals surface area contributed by atoms with Crippen LogP contribution in [0.1, 0.15) is 24.8 Å². The van der Waals surface area contributed by atoms with Crippen LogP contribution in [-0.4, -0.2) is 57.0 Å². The molecule has 1 aliphatic rings. The summed E-state index contributed by atoms with van der Waals surface area (Å²) in [7, 11) is -1.44. The smallest absolute Gasteiger partial charge is 0.222 e. The molecule has 6 nitrogen and oxygen atoms in total. The summed E-state index contributed by atoms with van der Waals surface area (Å²) < 4.78 is 34.7. The van der Waals surface area contributed by atoms with Gasteiger partial charge < -0.3 is 14.4 Å². The van der Waals surface area contributed by atoms with Crippen LogP contribution >= 0.6 is 0 Å². The van der Waals surface area contributed by atoms with E-state index in [4.69, 9.17) is 9.47 Å². The second-order valence-corrected chi connectivity index (χ2v) is 9.74. The van der Waals surface area contributed by atoms with E-state index < -0.39 is 9.84 Å². The van der Waals surface area contributed by atoms with E-state index in [2.05, 4.69) is 0 Å². The lowest BCUT2D eigenvalue weighted by Gasteiger charge is -2.28. The van der Waals surface area contributed by atoms with E-state index in [1.54, 1.807) is 12.0 Å². The third kappa shape index (κ3) is 6.49. The highest BCUT2D eigenvalue weighted by atomic mass is 32.2. The first kappa shape index (κ1) is 22.2. The Morgan fingerprint density at radius 3 is 2.40 bits per heavy atom. The van der Waals surface area contributed by atoms with Gasteiger partial charge >= 0.3 is 0 Å². The minimum Gasteiger partial charge on any atom is -0.497 e. The number of carbonyl (C=O) groups is 1. The minimum atomic E-state index is -3.05. The second kappa shape index (κ2) is 10.5. The Morgan fingerprint density at radius 1 is 1.07 bits per heavy atom. The molecule has 1 aliphatic heterocycles. The van der Waals surface area contributed by atoms with Crippen molar-refractivity contribution >= 4 is 15.7 Å². The van der Waals surface area contributed by atoms with Gasteiger partial charge in [-0.25, -0.2) is 8.42 Å². The van der Waals surface area contributed by atoms with Crippen LogP contribution < -0.4 is 9.47 Å². The molecule has 3 rings (SSSR count). The van der Waals surface area contributed by atoms with Gasteiger partial charge in [0.1, 0.15) is 11.5 Å². The zero-order valence-electron chi connectivity index (χ0n) is 17.3. The molecular weight excluding hydrogens is 402 g/mol. The van der Waals surface area contributed by atoms with Gasteiger partial charge in [-0.1, -0.05) is 30.3 Å². The van der Waals surface area contributed by atoms with Gasteiger partial charge in [-0.2, -0.15) is 0 Å². The number of rotatable bonds is 10. The van der Waals surface area contributed by atoms with Crippen molar-refractivity contribution in [2.45, 2.75) is 31.7 Å². The molecule has 0 unspecified atom stereocenters. The van der Waals surface area contributed by atoms with Crippen LogP contribution in [0.3, 0.4) is 0 Å². The van der Waals surface area contributed by atoms with Crippen LogP contribution in [0.25, 0.3) is 0 Å². The molecule has 162 valence electrons. The number of hydrogen-bond acceptors (Lipinski definition) is 5. The van der Waals surface area contributed by atoms with Crippen molar-refractivity contribution in [3.05, 3.63) is 60.2 Å². The predicted molar refractivity (Wildman–Crippen MR) is 117 cm³/mol. The Labute approximate surface area is 178 Å². The van der Waals surface area contributed by atoms with Crippen molar-refractivity contribution in [3.8, 4) is 11.5 Å². The Morgan fingerprint density at radius 2 is 1.77 bits per heavy atom. The summed E-state index contributed by atoms with van der Waals surface area (Å²) in [5, 5.41) is 0. The Bertz CT molecular complexity index is 912. The molecule has 1 atom stereocenters. The van der Waals surface area contributed by atoms with E-state index in [0.717, 1.165) is 17.1 Å². The number of amides is 1. The van der Waals surface area contributed by atoms with E-state index in [1.807, 2.05) is 54.6 Å². The molecule has 0 N–H and O–H groups in total. The number of ether oxygens (including phenoxy) is 2. The Hall–Kier alpha value is -2.54. The zero-order chi connectivity index (χ0) is 21.4. The number of benzene rings is 2. The molecule has 1 fully saturated rings. The Kier molecular flexibility index (Phi) is 7.74. The van der Waals surface area contributed by atoms with Crippen molar-refractivity contribution in [2.75, 3.05) is 31.8 Å². The van der Waals surface area contributed by atoms with Crippen molar-refractivity contribution in [3.63, 3.8) is 0 Å². The second-order valence-electron chi connectivity index (χ2n) is 7.51. The van der Waals surface area contributed by atoms with E-state index >= 15 is 0 Å². The largest absolute Gasteiger partial charge is 0.497 e. The highest BCUT2D eigenvalue weighted by Crippen LogP contribution is 2.20. The lowest BCUT2D eigenvalue weighted by molar-refractivity contribution is -0.133. The molecular formula is C23H29NO5S. The van der Waals surface area contributed by atoms with Crippen LogP contribution in [0.5, 0.6) is 11.5 Å². The molecule has 0 bridgehead atoms. The fourth-order valence-electron chi connectivity index (χ4n) is 3.66. The van der Waals surface area contributed by atoms with Gasteiger partial charge in [0.05, 0.1) is 25.2 Å². The molecule has 1 amide bonds. The molecule has 1 saturated heterocycles. The van der Waals surface area contributed by atoms with Crippen molar-refractivity contribution in [1.82, 2.24) is 4.90 Å². The lowest BCUT2D eigenvalue weighted by Crippen LogP contribution is -2.42. The van der Waals surface area contributed by atoms with Crippen LogP contribution in [0, 0.1) is 0 Å². The maximum absolute atomic E-state index is 12.9. The van der Waals surface area contributed by atoms with Gasteiger partial charge in [0.2, 0.25) is 5.91 Å². The summed E-state index contributed by atoms with van der Waals surface area (Å²) in [6.45, 7) is 0.954. The van der Waals surface area contributed by atoms with E-state index in [-0.39, 0.29) is 23.5 Å². The highest BCUT2D eigenvalue weighted by Gasteiger charge is 2.34. The molecule has 0 saturated carbocycles. The molecule has 0 aliphatic carbocycles. The third-order valence-corrected chi connectivity index (χ3v) is 7.07. The van der Waals surface area contributed by atoms with Gasteiger partial charge in [-0.15, -0.1) is 0 Å². The molecule has 7 heteroatoms. The maximum atomic E-state index is 12.9. The number of hydrogen-bond donors (Lipinski definition) is 0. The van der Waals surface area contributed by atoms with Crippen LogP contribution in [0.4, 0.5) is 0 Å². The molecule has 1 heterocycles. The van der Waals surface area contributed by atoms with Gasteiger partial charge in [0, 0.05) is 19.0 Å². The van der Waals surface area contributed by atoms with Crippen molar-refractivity contribution < 1.29 is 22.7 Å². The summed E-state index contributed by atoms with van der Waals surface area (Å²) in [6, 6.07) is 17.0. The topological polar surface area (TPSA) is 72.9 Å². The molecule has 0 radical (unpaired) electrons. The first-order valence-electron chi connectivity index (χ1n) is 10.3. The first-order chi connectivity index (χ1) is 14.5.